The van der Waals surface area contributed by atoms with E-state index in [1.54, 1.807) is 0 Å². The molecule has 1 N–H and O–H groups in total. The molecule has 0 bridgehead atoms. The number of amides is 1. The van der Waals surface area contributed by atoms with Crippen LogP contribution >= 0.6 is 7.60 Å². The number of fused-ring (bicyclic) bond motifs is 3. The number of benzene rings is 2. The lowest BCUT2D eigenvalue weighted by Gasteiger charge is -2.19. The molecule has 5 nitrogen and oxygen atoms in total. The van der Waals surface area contributed by atoms with Crippen LogP contribution in [0.3, 0.4) is 0 Å². The topological polar surface area (TPSA) is 64.6 Å². The summed E-state index contributed by atoms with van der Waals surface area (Å²) < 4.78 is 24.7. The molecule has 1 unspecified atom stereocenters. The van der Waals surface area contributed by atoms with Crippen molar-refractivity contribution in [2.24, 2.45) is 0 Å². The van der Waals surface area contributed by atoms with Gasteiger partial charge in [0.25, 0.3) is 0 Å². The maximum Gasteiger partial charge on any atom is 0.330 e. The molecule has 1 aliphatic rings. The molecule has 1 atom stereocenters. The summed E-state index contributed by atoms with van der Waals surface area (Å²) in [4.78, 5) is 13.1. The van der Waals surface area contributed by atoms with Crippen molar-refractivity contribution < 1.29 is 18.4 Å². The molecule has 192 valence electrons. The fraction of sp³-hybridized carbons (Fsp3) is 0.552. The molecular formula is C29H42NO4P. The highest BCUT2D eigenvalue weighted by molar-refractivity contribution is 7.53. The number of carbonyl (C=O) groups is 1. The Labute approximate surface area is 211 Å². The van der Waals surface area contributed by atoms with Gasteiger partial charge in [0, 0.05) is 6.54 Å². The van der Waals surface area contributed by atoms with E-state index in [4.69, 9.17) is 9.05 Å². The average molecular weight is 500 g/mol. The summed E-state index contributed by atoms with van der Waals surface area (Å²) in [7, 11) is -3.06. The van der Waals surface area contributed by atoms with E-state index in [0.717, 1.165) is 68.1 Å². The second-order valence-corrected chi connectivity index (χ2v) is 11.5. The van der Waals surface area contributed by atoms with Crippen molar-refractivity contribution in [3.05, 3.63) is 59.2 Å². The van der Waals surface area contributed by atoms with E-state index in [2.05, 4.69) is 56.4 Å². The van der Waals surface area contributed by atoms with Gasteiger partial charge < -0.3 is 14.4 Å². The van der Waals surface area contributed by atoms with Crippen LogP contribution in [0.4, 0.5) is 0 Å². The molecule has 1 amide bonds. The van der Waals surface area contributed by atoms with E-state index in [0.29, 0.717) is 25.9 Å². The molecule has 0 fully saturated rings. The number of carbonyl (C=O) groups excluding carboxylic acids is 1. The van der Waals surface area contributed by atoms with Gasteiger partial charge in [0.2, 0.25) is 5.91 Å². The highest BCUT2D eigenvalue weighted by Crippen LogP contribution is 2.50. The molecule has 0 radical (unpaired) electrons. The number of hydrogen-bond donors (Lipinski definition) is 1. The van der Waals surface area contributed by atoms with Crippen LogP contribution in [0, 0.1) is 0 Å². The summed E-state index contributed by atoms with van der Waals surface area (Å²) in [5.74, 6) is -0.184. The van der Waals surface area contributed by atoms with Crippen LogP contribution in [-0.2, 0) is 24.8 Å². The number of hydrogen-bond acceptors (Lipinski definition) is 4. The highest BCUT2D eigenvalue weighted by atomic mass is 31.2. The lowest BCUT2D eigenvalue weighted by Crippen LogP contribution is -2.29. The zero-order chi connectivity index (χ0) is 25.1. The van der Waals surface area contributed by atoms with Gasteiger partial charge in [0.05, 0.1) is 25.3 Å². The second kappa shape index (κ2) is 14.0. The Balaban J connectivity index is 1.70. The quantitative estimate of drug-likeness (QED) is 0.192. The minimum Gasteiger partial charge on any atom is -0.355 e. The third-order valence-corrected chi connectivity index (χ3v) is 8.56. The first-order valence-corrected chi connectivity index (χ1v) is 15.1. The molecule has 0 saturated carbocycles. The summed E-state index contributed by atoms with van der Waals surface area (Å²) in [6.07, 6.45) is 7.71. The first kappa shape index (κ1) is 27.6. The van der Waals surface area contributed by atoms with Crippen LogP contribution in [-0.4, -0.2) is 31.8 Å². The van der Waals surface area contributed by atoms with Gasteiger partial charge in [-0.3, -0.25) is 9.36 Å². The van der Waals surface area contributed by atoms with Gasteiger partial charge in [-0.05, 0) is 66.3 Å². The summed E-state index contributed by atoms with van der Waals surface area (Å²) in [6.45, 7) is 7.93. The number of nitrogens with one attached hydrogen (secondary N) is 1. The molecule has 0 spiro atoms. The van der Waals surface area contributed by atoms with E-state index in [1.807, 2.05) is 12.1 Å². The molecule has 2 aromatic carbocycles. The van der Waals surface area contributed by atoms with Gasteiger partial charge in [-0.15, -0.1) is 0 Å². The van der Waals surface area contributed by atoms with Gasteiger partial charge in [-0.2, -0.15) is 0 Å². The van der Waals surface area contributed by atoms with Crippen LogP contribution < -0.4 is 5.32 Å². The Bertz CT molecular complexity index is 992. The Morgan fingerprint density at radius 1 is 0.857 bits per heavy atom. The maximum absolute atomic E-state index is 13.2. The lowest BCUT2D eigenvalue weighted by molar-refractivity contribution is -0.121. The standard InChI is InChI=1S/C29H42NO4P/c1-4-7-20-33-35(32,34-21-8-5-2)22-12-11-14-23-15-13-18-26-27(23)24-16-9-10-17-25(24)28(26)29(31)30-19-6-3/h9-10,13,15-18,28H,4-8,11-12,14,19-22H2,1-3H3,(H,30,31). The van der Waals surface area contributed by atoms with Crippen LogP contribution in [0.5, 0.6) is 0 Å². The van der Waals surface area contributed by atoms with E-state index in [9.17, 15) is 9.36 Å². The van der Waals surface area contributed by atoms with E-state index >= 15 is 0 Å². The van der Waals surface area contributed by atoms with Crippen LogP contribution in [0.1, 0.15) is 88.3 Å². The Kier molecular flexibility index (Phi) is 11.0. The summed E-state index contributed by atoms with van der Waals surface area (Å²) >= 11 is 0. The fourth-order valence-corrected chi connectivity index (χ4v) is 6.42. The van der Waals surface area contributed by atoms with E-state index < -0.39 is 7.60 Å². The molecule has 0 aromatic heterocycles. The smallest absolute Gasteiger partial charge is 0.330 e. The van der Waals surface area contributed by atoms with Crippen LogP contribution in [0.2, 0.25) is 0 Å². The van der Waals surface area contributed by atoms with Gasteiger partial charge in [-0.25, -0.2) is 0 Å². The van der Waals surface area contributed by atoms with Crippen molar-refractivity contribution in [2.75, 3.05) is 25.9 Å². The normalized spacial score (nSPS) is 14.5. The number of aryl methyl sites for hydroxylation is 1. The van der Waals surface area contributed by atoms with E-state index in [1.165, 1.54) is 11.1 Å². The van der Waals surface area contributed by atoms with Gasteiger partial charge in [-0.1, -0.05) is 76.1 Å². The Hall–Kier alpha value is -1.94. The first-order chi connectivity index (χ1) is 17.0. The zero-order valence-electron chi connectivity index (χ0n) is 21.7. The van der Waals surface area contributed by atoms with E-state index in [-0.39, 0.29) is 11.8 Å². The molecule has 1 aliphatic carbocycles. The molecular weight excluding hydrogens is 457 g/mol. The largest absolute Gasteiger partial charge is 0.355 e. The van der Waals surface area contributed by atoms with Crippen LogP contribution in [0.25, 0.3) is 11.1 Å². The van der Waals surface area contributed by atoms with Gasteiger partial charge >= 0.3 is 7.60 Å². The average Bonchev–Trinajstić information content (AvgIpc) is 3.21. The van der Waals surface area contributed by atoms with Crippen molar-refractivity contribution in [3.8, 4) is 11.1 Å². The third-order valence-electron chi connectivity index (χ3n) is 6.55. The Morgan fingerprint density at radius 3 is 2.23 bits per heavy atom. The Morgan fingerprint density at radius 2 is 1.54 bits per heavy atom. The predicted molar refractivity (Wildman–Crippen MR) is 144 cm³/mol. The zero-order valence-corrected chi connectivity index (χ0v) is 22.6. The maximum atomic E-state index is 13.2. The highest BCUT2D eigenvalue weighted by Gasteiger charge is 2.34. The molecule has 0 saturated heterocycles. The molecule has 6 heteroatoms. The summed E-state index contributed by atoms with van der Waals surface area (Å²) in [5.41, 5.74) is 5.78. The first-order valence-electron chi connectivity index (χ1n) is 13.4. The monoisotopic (exact) mass is 499 g/mol. The van der Waals surface area contributed by atoms with Crippen molar-refractivity contribution >= 4 is 13.5 Å². The minimum atomic E-state index is -3.06. The molecule has 35 heavy (non-hydrogen) atoms. The molecule has 0 aliphatic heterocycles. The van der Waals surface area contributed by atoms with Gasteiger partial charge in [0.15, 0.2) is 0 Å². The number of rotatable bonds is 16. The lowest BCUT2D eigenvalue weighted by atomic mass is 9.93. The predicted octanol–water partition coefficient (Wildman–Crippen LogP) is 7.47. The van der Waals surface area contributed by atoms with Crippen molar-refractivity contribution in [3.63, 3.8) is 0 Å². The SMILES string of the molecule is CCCCOP(=O)(CCCCc1cccc2c1-c1ccccc1C2C(=O)NCCC)OCCCC. The van der Waals surface area contributed by atoms with Crippen molar-refractivity contribution in [1.82, 2.24) is 5.32 Å². The minimum absolute atomic E-state index is 0.0737. The fourth-order valence-electron chi connectivity index (χ4n) is 4.66. The molecule has 0 heterocycles. The molecule has 2 aromatic rings. The summed E-state index contributed by atoms with van der Waals surface area (Å²) in [5, 5.41) is 3.09. The van der Waals surface area contributed by atoms with Crippen molar-refractivity contribution in [2.45, 2.75) is 78.1 Å². The van der Waals surface area contributed by atoms with Crippen LogP contribution in [0.15, 0.2) is 42.5 Å². The summed E-state index contributed by atoms with van der Waals surface area (Å²) in [6, 6.07) is 14.6. The second-order valence-electron chi connectivity index (χ2n) is 9.36. The van der Waals surface area contributed by atoms with Gasteiger partial charge in [0.1, 0.15) is 0 Å². The number of unbranched alkanes of at least 4 members (excludes halogenated alkanes) is 3. The van der Waals surface area contributed by atoms with Crippen molar-refractivity contribution in [1.29, 1.82) is 0 Å². The third kappa shape index (κ3) is 7.29. The molecule has 3 rings (SSSR count).